The topological polar surface area (TPSA) is 46.2 Å². The molecule has 4 heteroatoms. The van der Waals surface area contributed by atoms with E-state index in [2.05, 4.69) is 12.2 Å². The van der Waals surface area contributed by atoms with E-state index in [0.717, 1.165) is 19.3 Å². The average molecular weight is 219 g/mol. The molecule has 3 nitrogen and oxygen atoms in total. The van der Waals surface area contributed by atoms with Gasteiger partial charge in [-0.3, -0.25) is 0 Å². The van der Waals surface area contributed by atoms with E-state index in [-0.39, 0.29) is 0 Å². The van der Waals surface area contributed by atoms with E-state index >= 15 is 0 Å². The lowest BCUT2D eigenvalue weighted by molar-refractivity contribution is 0.201. The third kappa shape index (κ3) is 2.11. The Kier molecular flexibility index (Phi) is 3.58. The van der Waals surface area contributed by atoms with Gasteiger partial charge in [0, 0.05) is 12.8 Å². The summed E-state index contributed by atoms with van der Waals surface area (Å²) < 4.78 is 22.8. The molecule has 0 radical (unpaired) electrons. The summed E-state index contributed by atoms with van der Waals surface area (Å²) in [7, 11) is -1.08. The molecule has 84 valence electrons. The van der Waals surface area contributed by atoms with Crippen LogP contribution >= 0.6 is 0 Å². The first kappa shape index (κ1) is 12.0. The molecular formula is C10H21NO2S. The van der Waals surface area contributed by atoms with Crippen LogP contribution in [0.2, 0.25) is 0 Å². The molecule has 0 spiro atoms. The molecule has 1 aliphatic carbocycles. The van der Waals surface area contributed by atoms with Gasteiger partial charge in [0.1, 0.15) is 0 Å². The molecule has 1 rings (SSSR count). The maximum atomic E-state index is 11.6. The van der Waals surface area contributed by atoms with Crippen LogP contribution in [-0.4, -0.2) is 33.0 Å². The summed E-state index contributed by atoms with van der Waals surface area (Å²) in [5, 5.41) is 3.00. The maximum Gasteiger partial charge on any atom is 0.154 e. The normalized spacial score (nSPS) is 32.6. The van der Waals surface area contributed by atoms with Crippen molar-refractivity contribution >= 4 is 9.84 Å². The smallest absolute Gasteiger partial charge is 0.154 e. The zero-order chi connectivity index (χ0) is 10.8. The molecule has 0 aliphatic heterocycles. The lowest BCUT2D eigenvalue weighted by Crippen LogP contribution is -2.55. The van der Waals surface area contributed by atoms with Gasteiger partial charge >= 0.3 is 0 Å². The second-order valence-electron chi connectivity index (χ2n) is 4.55. The monoisotopic (exact) mass is 219 g/mol. The van der Waals surface area contributed by atoms with Crippen LogP contribution < -0.4 is 5.32 Å². The quantitative estimate of drug-likeness (QED) is 0.756. The molecule has 0 unspecified atom stereocenters. The van der Waals surface area contributed by atoms with Gasteiger partial charge in [-0.25, -0.2) is 8.42 Å². The van der Waals surface area contributed by atoms with Crippen molar-refractivity contribution in [3.05, 3.63) is 0 Å². The van der Waals surface area contributed by atoms with Crippen molar-refractivity contribution < 1.29 is 8.42 Å². The van der Waals surface area contributed by atoms with Crippen LogP contribution in [-0.2, 0) is 9.84 Å². The van der Waals surface area contributed by atoms with Crippen molar-refractivity contribution in [2.75, 3.05) is 19.8 Å². The first-order chi connectivity index (χ1) is 6.45. The van der Waals surface area contributed by atoms with Crippen molar-refractivity contribution in [2.45, 2.75) is 37.4 Å². The van der Waals surface area contributed by atoms with E-state index in [4.69, 9.17) is 0 Å². The Morgan fingerprint density at radius 2 is 2.00 bits per heavy atom. The molecule has 0 amide bonds. The molecule has 1 saturated carbocycles. The van der Waals surface area contributed by atoms with Crippen molar-refractivity contribution in [2.24, 2.45) is 5.92 Å². The molecule has 0 aromatic rings. The van der Waals surface area contributed by atoms with Gasteiger partial charge in [-0.15, -0.1) is 0 Å². The van der Waals surface area contributed by atoms with Gasteiger partial charge in [0.05, 0.1) is 4.75 Å². The molecule has 1 N–H and O–H groups in total. The van der Waals surface area contributed by atoms with Crippen LogP contribution in [0.3, 0.4) is 0 Å². The Labute approximate surface area is 87.2 Å². The Balaban J connectivity index is 2.63. The largest absolute Gasteiger partial charge is 0.318 e. The molecular weight excluding hydrogens is 198 g/mol. The average Bonchev–Trinajstić information content (AvgIpc) is 1.98. The Bertz CT molecular complexity index is 278. The van der Waals surface area contributed by atoms with E-state index in [1.807, 2.05) is 7.05 Å². The van der Waals surface area contributed by atoms with Crippen LogP contribution in [0.25, 0.3) is 0 Å². The van der Waals surface area contributed by atoms with Crippen molar-refractivity contribution in [1.82, 2.24) is 5.32 Å². The summed E-state index contributed by atoms with van der Waals surface area (Å²) in [5.41, 5.74) is 0. The highest BCUT2D eigenvalue weighted by molar-refractivity contribution is 7.92. The molecule has 0 aromatic carbocycles. The highest BCUT2D eigenvalue weighted by atomic mass is 32.2. The maximum absolute atomic E-state index is 11.6. The number of hydrogen-bond acceptors (Lipinski definition) is 3. The lowest BCUT2D eigenvalue weighted by atomic mass is 9.72. The van der Waals surface area contributed by atoms with Crippen LogP contribution in [0.4, 0.5) is 0 Å². The van der Waals surface area contributed by atoms with Crippen LogP contribution in [0.5, 0.6) is 0 Å². The van der Waals surface area contributed by atoms with E-state index in [1.54, 1.807) is 0 Å². The number of sulfone groups is 1. The number of rotatable bonds is 5. The molecule has 0 heterocycles. The lowest BCUT2D eigenvalue weighted by Gasteiger charge is -2.46. The van der Waals surface area contributed by atoms with Crippen molar-refractivity contribution in [3.8, 4) is 0 Å². The Morgan fingerprint density at radius 1 is 1.43 bits per heavy atom. The first-order valence-electron chi connectivity index (χ1n) is 5.29. The minimum atomic E-state index is -2.90. The predicted molar refractivity (Wildman–Crippen MR) is 59.1 cm³/mol. The van der Waals surface area contributed by atoms with Gasteiger partial charge in [0.2, 0.25) is 0 Å². The van der Waals surface area contributed by atoms with Gasteiger partial charge in [-0.1, -0.05) is 19.8 Å². The second kappa shape index (κ2) is 4.19. The molecule has 1 fully saturated rings. The summed E-state index contributed by atoms with van der Waals surface area (Å²) in [6.07, 6.45) is 5.39. The number of nitrogens with one attached hydrogen (secondary N) is 1. The summed E-state index contributed by atoms with van der Waals surface area (Å²) in [6.45, 7) is 2.75. The van der Waals surface area contributed by atoms with E-state index < -0.39 is 14.6 Å². The highest BCUT2D eigenvalue weighted by Crippen LogP contribution is 2.45. The van der Waals surface area contributed by atoms with Crippen LogP contribution in [0.1, 0.15) is 32.6 Å². The summed E-state index contributed by atoms with van der Waals surface area (Å²) in [6, 6.07) is 0. The van der Waals surface area contributed by atoms with Crippen LogP contribution in [0.15, 0.2) is 0 Å². The van der Waals surface area contributed by atoms with Crippen LogP contribution in [0, 0.1) is 5.92 Å². The highest BCUT2D eigenvalue weighted by Gasteiger charge is 2.50. The minimum absolute atomic E-state index is 0.457. The van der Waals surface area contributed by atoms with E-state index in [9.17, 15) is 8.42 Å². The minimum Gasteiger partial charge on any atom is -0.318 e. The van der Waals surface area contributed by atoms with Gasteiger partial charge < -0.3 is 5.32 Å². The second-order valence-corrected chi connectivity index (χ2v) is 6.96. The fraction of sp³-hybridized carbons (Fsp3) is 1.00. The summed E-state index contributed by atoms with van der Waals surface area (Å²) in [4.78, 5) is 0. The third-order valence-electron chi connectivity index (χ3n) is 3.30. The Morgan fingerprint density at radius 3 is 2.36 bits per heavy atom. The molecule has 0 atom stereocenters. The number of hydrogen-bond donors (Lipinski definition) is 1. The summed E-state index contributed by atoms with van der Waals surface area (Å²) in [5.74, 6) is 0.628. The third-order valence-corrected chi connectivity index (χ3v) is 5.35. The van der Waals surface area contributed by atoms with Gasteiger partial charge in [0.25, 0.3) is 0 Å². The zero-order valence-electron chi connectivity index (χ0n) is 9.34. The molecule has 0 aromatic heterocycles. The molecule has 0 bridgehead atoms. The fourth-order valence-electron chi connectivity index (χ4n) is 2.51. The van der Waals surface area contributed by atoms with E-state index in [1.165, 1.54) is 12.7 Å². The standard InChI is InChI=1S/C10H21NO2S/c1-4-5-9-6-10(7-9,8-11-2)14(3,12)13/h9,11H,4-8H2,1-3H3. The summed E-state index contributed by atoms with van der Waals surface area (Å²) >= 11 is 0. The van der Waals surface area contributed by atoms with Crippen molar-refractivity contribution in [3.63, 3.8) is 0 Å². The molecule has 0 saturated heterocycles. The van der Waals surface area contributed by atoms with Gasteiger partial charge in [-0.2, -0.15) is 0 Å². The molecule has 1 aliphatic rings. The zero-order valence-corrected chi connectivity index (χ0v) is 10.2. The SMILES string of the molecule is CCCC1CC(CNC)(S(C)(=O)=O)C1. The van der Waals surface area contributed by atoms with Gasteiger partial charge in [0.15, 0.2) is 9.84 Å². The van der Waals surface area contributed by atoms with Crippen molar-refractivity contribution in [1.29, 1.82) is 0 Å². The van der Waals surface area contributed by atoms with E-state index in [0.29, 0.717) is 12.5 Å². The van der Waals surface area contributed by atoms with Gasteiger partial charge in [-0.05, 0) is 25.8 Å². The Hall–Kier alpha value is -0.0900. The fourth-order valence-corrected chi connectivity index (χ4v) is 3.99. The first-order valence-corrected chi connectivity index (χ1v) is 7.18. The molecule has 14 heavy (non-hydrogen) atoms. The predicted octanol–water partition coefficient (Wildman–Crippen LogP) is 1.20.